The predicted molar refractivity (Wildman–Crippen MR) is 110 cm³/mol. The van der Waals surface area contributed by atoms with E-state index in [2.05, 4.69) is 48.3 Å². The van der Waals surface area contributed by atoms with E-state index in [4.69, 9.17) is 0 Å². The molecule has 136 valence electrons. The SMILES string of the molecule is CC(C)=CCN1CCC(NC(=O)/C=C/c2cccc3ccccc23)CC1. The summed E-state index contributed by atoms with van der Waals surface area (Å²) in [6.45, 7) is 7.37. The maximum absolute atomic E-state index is 12.3. The number of piperidine rings is 1. The summed E-state index contributed by atoms with van der Waals surface area (Å²) in [5, 5.41) is 5.52. The number of carbonyl (C=O) groups is 1. The molecule has 1 amide bonds. The smallest absolute Gasteiger partial charge is 0.244 e. The Morgan fingerprint density at radius 2 is 1.85 bits per heavy atom. The van der Waals surface area contributed by atoms with Crippen LogP contribution >= 0.6 is 0 Å². The van der Waals surface area contributed by atoms with Crippen molar-refractivity contribution in [3.63, 3.8) is 0 Å². The molecule has 1 heterocycles. The first-order valence-electron chi connectivity index (χ1n) is 9.44. The van der Waals surface area contributed by atoms with E-state index in [0.29, 0.717) is 0 Å². The van der Waals surface area contributed by atoms with Gasteiger partial charge >= 0.3 is 0 Å². The summed E-state index contributed by atoms with van der Waals surface area (Å²) in [5.41, 5.74) is 2.44. The minimum atomic E-state index is 0.000632. The first kappa shape index (κ1) is 18.4. The summed E-state index contributed by atoms with van der Waals surface area (Å²) >= 11 is 0. The molecule has 0 aromatic heterocycles. The van der Waals surface area contributed by atoms with Crippen LogP contribution in [0.25, 0.3) is 16.8 Å². The number of amides is 1. The van der Waals surface area contributed by atoms with Crippen molar-refractivity contribution in [1.29, 1.82) is 0 Å². The number of nitrogens with zero attached hydrogens (tertiary/aromatic N) is 1. The van der Waals surface area contributed by atoms with Crippen molar-refractivity contribution in [2.45, 2.75) is 32.7 Å². The normalized spacial score (nSPS) is 16.1. The lowest BCUT2D eigenvalue weighted by Gasteiger charge is -2.31. The monoisotopic (exact) mass is 348 g/mol. The molecule has 1 aliphatic heterocycles. The third kappa shape index (κ3) is 5.06. The fraction of sp³-hybridized carbons (Fsp3) is 0.348. The largest absolute Gasteiger partial charge is 0.350 e. The number of nitrogens with one attached hydrogen (secondary N) is 1. The van der Waals surface area contributed by atoms with Crippen LogP contribution in [0.2, 0.25) is 0 Å². The van der Waals surface area contributed by atoms with Gasteiger partial charge in [0.15, 0.2) is 0 Å². The number of hydrogen-bond acceptors (Lipinski definition) is 2. The van der Waals surface area contributed by atoms with Gasteiger partial charge < -0.3 is 5.32 Å². The lowest BCUT2D eigenvalue weighted by molar-refractivity contribution is -0.117. The van der Waals surface area contributed by atoms with E-state index in [0.717, 1.165) is 38.0 Å². The van der Waals surface area contributed by atoms with E-state index in [1.807, 2.05) is 30.3 Å². The van der Waals surface area contributed by atoms with Crippen LogP contribution in [-0.4, -0.2) is 36.5 Å². The predicted octanol–water partition coefficient (Wildman–Crippen LogP) is 4.40. The minimum Gasteiger partial charge on any atom is -0.350 e. The van der Waals surface area contributed by atoms with E-state index in [9.17, 15) is 4.79 Å². The van der Waals surface area contributed by atoms with Gasteiger partial charge in [-0.15, -0.1) is 0 Å². The van der Waals surface area contributed by atoms with Crippen molar-refractivity contribution in [1.82, 2.24) is 10.2 Å². The van der Waals surface area contributed by atoms with Crippen molar-refractivity contribution < 1.29 is 4.79 Å². The van der Waals surface area contributed by atoms with Gasteiger partial charge in [-0.1, -0.05) is 54.1 Å². The highest BCUT2D eigenvalue weighted by Crippen LogP contribution is 2.19. The Morgan fingerprint density at radius 3 is 2.62 bits per heavy atom. The molecule has 0 atom stereocenters. The number of allylic oxidation sites excluding steroid dienone is 1. The summed E-state index contributed by atoms with van der Waals surface area (Å²) < 4.78 is 0. The van der Waals surface area contributed by atoms with E-state index in [-0.39, 0.29) is 11.9 Å². The number of fused-ring (bicyclic) bond motifs is 1. The topological polar surface area (TPSA) is 32.3 Å². The number of benzene rings is 2. The van der Waals surface area contributed by atoms with E-state index in [1.165, 1.54) is 16.3 Å². The molecule has 0 radical (unpaired) electrons. The van der Waals surface area contributed by atoms with Crippen LogP contribution in [0.4, 0.5) is 0 Å². The van der Waals surface area contributed by atoms with Gasteiger partial charge in [-0.25, -0.2) is 0 Å². The quantitative estimate of drug-likeness (QED) is 0.642. The molecule has 1 saturated heterocycles. The first-order chi connectivity index (χ1) is 12.6. The van der Waals surface area contributed by atoms with Gasteiger partial charge in [0.05, 0.1) is 0 Å². The minimum absolute atomic E-state index is 0.000632. The molecule has 3 rings (SSSR count). The second-order valence-corrected chi connectivity index (χ2v) is 7.27. The average Bonchev–Trinajstić information content (AvgIpc) is 2.65. The van der Waals surface area contributed by atoms with Crippen molar-refractivity contribution in [3.8, 4) is 0 Å². The zero-order valence-corrected chi connectivity index (χ0v) is 15.7. The Morgan fingerprint density at radius 1 is 1.12 bits per heavy atom. The van der Waals surface area contributed by atoms with Crippen LogP contribution in [-0.2, 0) is 4.79 Å². The Kier molecular flexibility index (Phi) is 6.24. The molecule has 1 aliphatic rings. The lowest BCUT2D eigenvalue weighted by atomic mass is 10.0. The Balaban J connectivity index is 1.53. The van der Waals surface area contributed by atoms with Crippen molar-refractivity contribution in [2.75, 3.05) is 19.6 Å². The van der Waals surface area contributed by atoms with Crippen molar-refractivity contribution in [2.24, 2.45) is 0 Å². The Bertz CT molecular complexity index is 805. The van der Waals surface area contributed by atoms with Crippen LogP contribution in [0, 0.1) is 0 Å². The Hall–Kier alpha value is -2.39. The molecule has 0 aliphatic carbocycles. The zero-order chi connectivity index (χ0) is 18.4. The molecule has 0 bridgehead atoms. The van der Waals surface area contributed by atoms with Gasteiger partial charge in [0.2, 0.25) is 5.91 Å². The van der Waals surface area contributed by atoms with Crippen LogP contribution in [0.5, 0.6) is 0 Å². The molecule has 1 N–H and O–H groups in total. The van der Waals surface area contributed by atoms with Gasteiger partial charge in [-0.05, 0) is 49.1 Å². The number of likely N-dealkylation sites (tertiary alicyclic amines) is 1. The summed E-state index contributed by atoms with van der Waals surface area (Å²) in [5.74, 6) is 0.000632. The molecule has 0 unspecified atom stereocenters. The van der Waals surface area contributed by atoms with Gasteiger partial charge in [-0.3, -0.25) is 9.69 Å². The average molecular weight is 348 g/mol. The molecule has 3 nitrogen and oxygen atoms in total. The molecular weight excluding hydrogens is 320 g/mol. The van der Waals surface area contributed by atoms with E-state index < -0.39 is 0 Å². The third-order valence-corrected chi connectivity index (χ3v) is 4.93. The summed E-state index contributed by atoms with van der Waals surface area (Å²) in [4.78, 5) is 14.7. The Labute approximate surface area is 156 Å². The van der Waals surface area contributed by atoms with Gasteiger partial charge in [0, 0.05) is 31.8 Å². The second kappa shape index (κ2) is 8.81. The zero-order valence-electron chi connectivity index (χ0n) is 15.7. The van der Waals surface area contributed by atoms with Crippen LogP contribution < -0.4 is 5.32 Å². The van der Waals surface area contributed by atoms with Gasteiger partial charge in [0.25, 0.3) is 0 Å². The molecule has 1 fully saturated rings. The molecule has 0 saturated carbocycles. The lowest BCUT2D eigenvalue weighted by Crippen LogP contribution is -2.44. The standard InChI is InChI=1S/C23H28N2O/c1-18(2)12-15-25-16-13-21(14-17-25)24-23(26)11-10-20-8-5-7-19-6-3-4-9-22(19)20/h3-12,21H,13-17H2,1-2H3,(H,24,26)/b11-10+. The van der Waals surface area contributed by atoms with Gasteiger partial charge in [0.1, 0.15) is 0 Å². The molecule has 26 heavy (non-hydrogen) atoms. The highest BCUT2D eigenvalue weighted by Gasteiger charge is 2.19. The maximum Gasteiger partial charge on any atom is 0.244 e. The van der Waals surface area contributed by atoms with Crippen molar-refractivity contribution >= 4 is 22.8 Å². The highest BCUT2D eigenvalue weighted by molar-refractivity contribution is 5.96. The molecule has 0 spiro atoms. The van der Waals surface area contributed by atoms with Crippen LogP contribution in [0.1, 0.15) is 32.3 Å². The van der Waals surface area contributed by atoms with Crippen LogP contribution in [0.3, 0.4) is 0 Å². The molecule has 2 aromatic carbocycles. The van der Waals surface area contributed by atoms with Gasteiger partial charge in [-0.2, -0.15) is 0 Å². The van der Waals surface area contributed by atoms with Crippen LogP contribution in [0.15, 0.2) is 60.2 Å². The fourth-order valence-electron chi connectivity index (χ4n) is 3.38. The fourth-order valence-corrected chi connectivity index (χ4v) is 3.38. The van der Waals surface area contributed by atoms with E-state index in [1.54, 1.807) is 6.08 Å². The van der Waals surface area contributed by atoms with E-state index >= 15 is 0 Å². The molecular formula is C23H28N2O. The highest BCUT2D eigenvalue weighted by atomic mass is 16.1. The summed E-state index contributed by atoms with van der Waals surface area (Å²) in [7, 11) is 0. The maximum atomic E-state index is 12.3. The number of rotatable bonds is 5. The van der Waals surface area contributed by atoms with Crippen molar-refractivity contribution in [3.05, 3.63) is 65.8 Å². The summed E-state index contributed by atoms with van der Waals surface area (Å²) in [6.07, 6.45) is 7.89. The third-order valence-electron chi connectivity index (χ3n) is 4.93. The number of carbonyl (C=O) groups excluding carboxylic acids is 1. The first-order valence-corrected chi connectivity index (χ1v) is 9.44. The summed E-state index contributed by atoms with van der Waals surface area (Å²) in [6, 6.07) is 14.7. The second-order valence-electron chi connectivity index (χ2n) is 7.27. The molecule has 3 heteroatoms. The molecule has 2 aromatic rings. The number of hydrogen-bond donors (Lipinski definition) is 1.